The van der Waals surface area contributed by atoms with Crippen LogP contribution in [-0.2, 0) is 0 Å². The molecule has 3 nitrogen and oxygen atoms in total. The zero-order chi connectivity index (χ0) is 14.4. The molecule has 0 bridgehead atoms. The first-order valence-electron chi connectivity index (χ1n) is 7.47. The molecular formula is C17H25N3. The number of hydrogen-bond donors (Lipinski definition) is 1. The van der Waals surface area contributed by atoms with E-state index in [0.29, 0.717) is 6.04 Å². The van der Waals surface area contributed by atoms with E-state index in [9.17, 15) is 0 Å². The number of benzene rings is 1. The zero-order valence-electron chi connectivity index (χ0n) is 12.7. The smallest absolute Gasteiger partial charge is 0.140 e. The Bertz CT molecular complexity index is 502. The summed E-state index contributed by atoms with van der Waals surface area (Å²) in [6.07, 6.45) is 5.17. The number of hydrogen-bond acceptors (Lipinski definition) is 2. The lowest BCUT2D eigenvalue weighted by molar-refractivity contribution is 0.469. The van der Waals surface area contributed by atoms with Crippen molar-refractivity contribution in [3.63, 3.8) is 0 Å². The Hall–Kier alpha value is -1.61. The van der Waals surface area contributed by atoms with E-state index < -0.39 is 0 Å². The van der Waals surface area contributed by atoms with Gasteiger partial charge >= 0.3 is 0 Å². The van der Waals surface area contributed by atoms with Gasteiger partial charge in [-0.05, 0) is 25.8 Å². The van der Waals surface area contributed by atoms with Gasteiger partial charge in [-0.2, -0.15) is 0 Å². The largest absolute Gasteiger partial charge is 0.327 e. The lowest BCUT2D eigenvalue weighted by Gasteiger charge is -2.17. The van der Waals surface area contributed by atoms with E-state index in [1.165, 1.54) is 12.0 Å². The number of nitrogens with zero attached hydrogens (tertiary/aromatic N) is 2. The van der Waals surface area contributed by atoms with E-state index in [1.54, 1.807) is 0 Å². The molecule has 2 rings (SSSR count). The molecule has 0 amide bonds. The van der Waals surface area contributed by atoms with Gasteiger partial charge in [0, 0.05) is 30.5 Å². The van der Waals surface area contributed by atoms with Crippen molar-refractivity contribution >= 4 is 0 Å². The number of nitrogens with one attached hydrogen (secondary N) is 1. The first kappa shape index (κ1) is 14.8. The second-order valence-electron chi connectivity index (χ2n) is 5.76. The predicted molar refractivity (Wildman–Crippen MR) is 84.7 cm³/mol. The van der Waals surface area contributed by atoms with Gasteiger partial charge < -0.3 is 9.88 Å². The van der Waals surface area contributed by atoms with Gasteiger partial charge in [-0.3, -0.25) is 0 Å². The molecule has 1 aromatic heterocycles. The van der Waals surface area contributed by atoms with Crippen LogP contribution in [-0.4, -0.2) is 22.6 Å². The molecule has 108 valence electrons. The molecule has 1 heterocycles. The standard InChI is InChI=1S/C17H25N3/c1-14(2)9-10-18-13-15(3)20-12-11-19-17(20)16-7-5-4-6-8-16/h4-8,11-12,14-15,18H,9-10,13H2,1-3H3. The van der Waals surface area contributed by atoms with Crippen LogP contribution in [0, 0.1) is 5.92 Å². The summed E-state index contributed by atoms with van der Waals surface area (Å²) in [6, 6.07) is 10.8. The molecule has 0 aliphatic rings. The van der Waals surface area contributed by atoms with Gasteiger partial charge in [0.05, 0.1) is 0 Å². The van der Waals surface area contributed by atoms with Crippen LogP contribution >= 0.6 is 0 Å². The molecule has 20 heavy (non-hydrogen) atoms. The fourth-order valence-electron chi connectivity index (χ4n) is 2.28. The maximum absolute atomic E-state index is 4.50. The third kappa shape index (κ3) is 3.94. The van der Waals surface area contributed by atoms with Crippen molar-refractivity contribution in [1.29, 1.82) is 0 Å². The van der Waals surface area contributed by atoms with Crippen LogP contribution in [0.3, 0.4) is 0 Å². The van der Waals surface area contributed by atoms with Crippen molar-refractivity contribution in [2.75, 3.05) is 13.1 Å². The Labute approximate surface area is 122 Å². The van der Waals surface area contributed by atoms with Gasteiger partial charge in [0.15, 0.2) is 0 Å². The first-order valence-corrected chi connectivity index (χ1v) is 7.47. The molecule has 1 N–H and O–H groups in total. The number of rotatable bonds is 7. The minimum atomic E-state index is 0.403. The van der Waals surface area contributed by atoms with Crippen LogP contribution in [0.25, 0.3) is 11.4 Å². The summed E-state index contributed by atoms with van der Waals surface area (Å²) < 4.78 is 2.25. The molecule has 1 atom stereocenters. The molecule has 1 unspecified atom stereocenters. The molecular weight excluding hydrogens is 246 g/mol. The molecule has 0 saturated carbocycles. The van der Waals surface area contributed by atoms with E-state index in [1.807, 2.05) is 12.3 Å². The fraction of sp³-hybridized carbons (Fsp3) is 0.471. The van der Waals surface area contributed by atoms with E-state index >= 15 is 0 Å². The highest BCUT2D eigenvalue weighted by Crippen LogP contribution is 2.20. The van der Waals surface area contributed by atoms with Gasteiger partial charge in [-0.15, -0.1) is 0 Å². The Morgan fingerprint density at radius 3 is 2.60 bits per heavy atom. The highest BCUT2D eigenvalue weighted by Gasteiger charge is 2.11. The minimum Gasteiger partial charge on any atom is -0.327 e. The average molecular weight is 271 g/mol. The third-order valence-corrected chi connectivity index (χ3v) is 3.51. The Kier molecular flexibility index (Phi) is 5.36. The molecule has 0 saturated heterocycles. The topological polar surface area (TPSA) is 29.9 Å². The monoisotopic (exact) mass is 271 g/mol. The van der Waals surface area contributed by atoms with Crippen LogP contribution in [0.2, 0.25) is 0 Å². The summed E-state index contributed by atoms with van der Waals surface area (Å²) in [5.41, 5.74) is 1.17. The lowest BCUT2D eigenvalue weighted by Crippen LogP contribution is -2.25. The Morgan fingerprint density at radius 2 is 1.90 bits per heavy atom. The van der Waals surface area contributed by atoms with Crippen LogP contribution in [0.5, 0.6) is 0 Å². The molecule has 0 radical (unpaired) electrons. The molecule has 2 aromatic rings. The summed E-state index contributed by atoms with van der Waals surface area (Å²) in [4.78, 5) is 4.50. The van der Waals surface area contributed by atoms with Crippen LogP contribution in [0.4, 0.5) is 0 Å². The van der Waals surface area contributed by atoms with Crippen molar-refractivity contribution in [2.45, 2.75) is 33.2 Å². The number of aromatic nitrogens is 2. The molecule has 0 spiro atoms. The summed E-state index contributed by atoms with van der Waals surface area (Å²) in [6.45, 7) is 8.81. The maximum Gasteiger partial charge on any atom is 0.140 e. The predicted octanol–water partition coefficient (Wildman–Crippen LogP) is 3.75. The molecule has 0 fully saturated rings. The van der Waals surface area contributed by atoms with Gasteiger partial charge in [0.25, 0.3) is 0 Å². The highest BCUT2D eigenvalue weighted by atomic mass is 15.1. The van der Waals surface area contributed by atoms with Crippen LogP contribution < -0.4 is 5.32 Å². The van der Waals surface area contributed by atoms with Crippen molar-refractivity contribution in [2.24, 2.45) is 5.92 Å². The van der Waals surface area contributed by atoms with Crippen molar-refractivity contribution in [3.05, 3.63) is 42.7 Å². The summed E-state index contributed by atoms with van der Waals surface area (Å²) in [5, 5.41) is 3.53. The number of imidazole rings is 1. The average Bonchev–Trinajstić information content (AvgIpc) is 2.93. The van der Waals surface area contributed by atoms with Crippen LogP contribution in [0.1, 0.15) is 33.2 Å². The lowest BCUT2D eigenvalue weighted by atomic mass is 10.1. The summed E-state index contributed by atoms with van der Waals surface area (Å²) >= 11 is 0. The maximum atomic E-state index is 4.50. The molecule has 0 aliphatic carbocycles. The SMILES string of the molecule is CC(C)CCNCC(C)n1ccnc1-c1ccccc1. The Balaban J connectivity index is 1.97. The zero-order valence-corrected chi connectivity index (χ0v) is 12.7. The summed E-state index contributed by atoms with van der Waals surface area (Å²) in [5.74, 6) is 1.80. The van der Waals surface area contributed by atoms with E-state index in [0.717, 1.165) is 24.8 Å². The fourth-order valence-corrected chi connectivity index (χ4v) is 2.28. The Morgan fingerprint density at radius 1 is 1.15 bits per heavy atom. The summed E-state index contributed by atoms with van der Waals surface area (Å²) in [7, 11) is 0. The minimum absolute atomic E-state index is 0.403. The van der Waals surface area contributed by atoms with Gasteiger partial charge in [-0.25, -0.2) is 4.98 Å². The van der Waals surface area contributed by atoms with Gasteiger partial charge in [0.2, 0.25) is 0 Å². The van der Waals surface area contributed by atoms with Gasteiger partial charge in [-0.1, -0.05) is 44.2 Å². The molecule has 0 aliphatic heterocycles. The van der Waals surface area contributed by atoms with Gasteiger partial charge in [0.1, 0.15) is 5.82 Å². The first-order chi connectivity index (χ1) is 9.68. The van der Waals surface area contributed by atoms with E-state index in [-0.39, 0.29) is 0 Å². The normalized spacial score (nSPS) is 12.8. The quantitative estimate of drug-likeness (QED) is 0.777. The molecule has 3 heteroatoms. The van der Waals surface area contributed by atoms with Crippen molar-refractivity contribution < 1.29 is 0 Å². The highest BCUT2D eigenvalue weighted by molar-refractivity contribution is 5.55. The van der Waals surface area contributed by atoms with E-state index in [2.05, 4.69) is 66.1 Å². The van der Waals surface area contributed by atoms with Crippen molar-refractivity contribution in [3.8, 4) is 11.4 Å². The van der Waals surface area contributed by atoms with Crippen molar-refractivity contribution in [1.82, 2.24) is 14.9 Å². The second kappa shape index (κ2) is 7.25. The van der Waals surface area contributed by atoms with Crippen LogP contribution in [0.15, 0.2) is 42.7 Å². The van der Waals surface area contributed by atoms with E-state index in [4.69, 9.17) is 0 Å². The molecule has 1 aromatic carbocycles. The second-order valence-corrected chi connectivity index (χ2v) is 5.76. The third-order valence-electron chi connectivity index (χ3n) is 3.51.